The van der Waals surface area contributed by atoms with Crippen molar-refractivity contribution in [3.8, 4) is 0 Å². The summed E-state index contributed by atoms with van der Waals surface area (Å²) in [6, 6.07) is 9.16. The second-order valence-electron chi connectivity index (χ2n) is 6.01. The summed E-state index contributed by atoms with van der Waals surface area (Å²) in [4.78, 5) is 35.3. The van der Waals surface area contributed by atoms with Gasteiger partial charge >= 0.3 is 0 Å². The van der Waals surface area contributed by atoms with Crippen LogP contribution in [0.4, 0.5) is 17.3 Å². The van der Waals surface area contributed by atoms with Gasteiger partial charge in [-0.3, -0.25) is 9.59 Å². The van der Waals surface area contributed by atoms with Crippen LogP contribution in [0.2, 0.25) is 0 Å². The van der Waals surface area contributed by atoms with Gasteiger partial charge in [-0.2, -0.15) is 0 Å². The van der Waals surface area contributed by atoms with Crippen molar-refractivity contribution in [2.24, 2.45) is 0 Å². The fraction of sp³-hybridized carbons (Fsp3) is 0.333. The molecule has 0 bridgehead atoms. The zero-order valence-corrected chi connectivity index (χ0v) is 14.4. The molecule has 0 radical (unpaired) electrons. The van der Waals surface area contributed by atoms with Gasteiger partial charge in [0.2, 0.25) is 5.91 Å². The molecule has 130 valence electrons. The number of Topliss-reactive ketones (excluding diaryl/α,β-unsaturated/α-hetero) is 1. The first-order valence-corrected chi connectivity index (χ1v) is 8.23. The summed E-state index contributed by atoms with van der Waals surface area (Å²) >= 11 is 0. The molecule has 0 saturated carbocycles. The van der Waals surface area contributed by atoms with E-state index in [4.69, 9.17) is 0 Å². The Kier molecular flexibility index (Phi) is 4.92. The molecule has 1 aliphatic rings. The highest BCUT2D eigenvalue weighted by Gasteiger charge is 2.19. The van der Waals surface area contributed by atoms with Gasteiger partial charge in [-0.15, -0.1) is 0 Å². The topological polar surface area (TPSA) is 78.4 Å². The van der Waals surface area contributed by atoms with Gasteiger partial charge < -0.3 is 15.1 Å². The smallest absolute Gasteiger partial charge is 0.219 e. The lowest BCUT2D eigenvalue weighted by atomic mass is 10.1. The lowest BCUT2D eigenvalue weighted by Gasteiger charge is -2.34. The van der Waals surface area contributed by atoms with Crippen LogP contribution in [-0.4, -0.2) is 52.7 Å². The molecule has 7 heteroatoms. The van der Waals surface area contributed by atoms with Gasteiger partial charge in [0, 0.05) is 50.4 Å². The molecular formula is C18H21N5O2. The fourth-order valence-electron chi connectivity index (χ4n) is 2.77. The van der Waals surface area contributed by atoms with E-state index in [0.29, 0.717) is 24.5 Å². The normalized spacial score (nSPS) is 14.3. The number of hydrogen-bond donors (Lipinski definition) is 1. The standard InChI is InChI=1S/C18H21N5O2/c1-13(24)15-3-5-16(6-4-15)21-17-11-18(20-12-19-17)23-9-7-22(8-10-23)14(2)25/h3-6,11-12H,7-10H2,1-2H3,(H,19,20,21). The number of piperazine rings is 1. The Morgan fingerprint density at radius 1 is 1.00 bits per heavy atom. The number of aromatic nitrogens is 2. The monoisotopic (exact) mass is 339 g/mol. The van der Waals surface area contributed by atoms with E-state index in [0.717, 1.165) is 24.6 Å². The Morgan fingerprint density at radius 3 is 2.28 bits per heavy atom. The molecule has 1 fully saturated rings. The number of nitrogens with zero attached hydrogens (tertiary/aromatic N) is 4. The minimum atomic E-state index is 0.0422. The molecule has 3 rings (SSSR count). The van der Waals surface area contributed by atoms with Crippen molar-refractivity contribution in [3.63, 3.8) is 0 Å². The van der Waals surface area contributed by atoms with Gasteiger partial charge in [-0.1, -0.05) is 0 Å². The van der Waals surface area contributed by atoms with Crippen molar-refractivity contribution < 1.29 is 9.59 Å². The minimum absolute atomic E-state index is 0.0422. The van der Waals surface area contributed by atoms with Crippen molar-refractivity contribution in [2.45, 2.75) is 13.8 Å². The number of rotatable bonds is 4. The molecule has 0 unspecified atom stereocenters. The largest absolute Gasteiger partial charge is 0.353 e. The molecule has 1 aliphatic heterocycles. The van der Waals surface area contributed by atoms with E-state index < -0.39 is 0 Å². The molecule has 1 amide bonds. The van der Waals surface area contributed by atoms with Crippen molar-refractivity contribution in [1.29, 1.82) is 0 Å². The molecular weight excluding hydrogens is 318 g/mol. The molecule has 25 heavy (non-hydrogen) atoms. The van der Waals surface area contributed by atoms with E-state index in [2.05, 4.69) is 20.2 Å². The average Bonchev–Trinajstić information content (AvgIpc) is 2.62. The summed E-state index contributed by atoms with van der Waals surface area (Å²) in [7, 11) is 0. The van der Waals surface area contributed by atoms with E-state index in [-0.39, 0.29) is 11.7 Å². The Bertz CT molecular complexity index is 767. The first-order valence-electron chi connectivity index (χ1n) is 8.23. The fourth-order valence-corrected chi connectivity index (χ4v) is 2.77. The summed E-state index contributed by atoms with van der Waals surface area (Å²) in [6.45, 7) is 6.06. The van der Waals surface area contributed by atoms with Crippen LogP contribution < -0.4 is 10.2 Å². The van der Waals surface area contributed by atoms with E-state index in [1.807, 2.05) is 23.1 Å². The number of amides is 1. The van der Waals surface area contributed by atoms with Crippen molar-refractivity contribution in [3.05, 3.63) is 42.2 Å². The molecule has 1 saturated heterocycles. The molecule has 1 aromatic heterocycles. The summed E-state index contributed by atoms with van der Waals surface area (Å²) < 4.78 is 0. The van der Waals surface area contributed by atoms with E-state index in [1.165, 1.54) is 6.33 Å². The van der Waals surface area contributed by atoms with Gasteiger partial charge in [0.25, 0.3) is 0 Å². The summed E-state index contributed by atoms with van der Waals surface area (Å²) in [5.74, 6) is 1.68. The third kappa shape index (κ3) is 4.12. The summed E-state index contributed by atoms with van der Waals surface area (Å²) in [5, 5.41) is 3.22. The number of benzene rings is 1. The van der Waals surface area contributed by atoms with E-state index in [9.17, 15) is 9.59 Å². The average molecular weight is 339 g/mol. The Hall–Kier alpha value is -2.96. The van der Waals surface area contributed by atoms with Gasteiger partial charge in [-0.25, -0.2) is 9.97 Å². The highest BCUT2D eigenvalue weighted by atomic mass is 16.2. The maximum Gasteiger partial charge on any atom is 0.219 e. The van der Waals surface area contributed by atoms with Crippen LogP contribution in [0, 0.1) is 0 Å². The summed E-state index contributed by atoms with van der Waals surface area (Å²) in [6.07, 6.45) is 1.53. The van der Waals surface area contributed by atoms with Crippen LogP contribution >= 0.6 is 0 Å². The lowest BCUT2D eigenvalue weighted by Crippen LogP contribution is -2.48. The second-order valence-corrected chi connectivity index (χ2v) is 6.01. The Labute approximate surface area is 146 Å². The third-order valence-electron chi connectivity index (χ3n) is 4.27. The molecule has 1 N–H and O–H groups in total. The molecule has 0 atom stereocenters. The SMILES string of the molecule is CC(=O)c1ccc(Nc2cc(N3CCN(C(C)=O)CC3)ncn2)cc1. The number of nitrogens with one attached hydrogen (secondary N) is 1. The van der Waals surface area contributed by atoms with Crippen LogP contribution in [0.3, 0.4) is 0 Å². The number of hydrogen-bond acceptors (Lipinski definition) is 6. The maximum absolute atomic E-state index is 11.4. The number of anilines is 3. The van der Waals surface area contributed by atoms with Crippen LogP contribution in [0.1, 0.15) is 24.2 Å². The molecule has 0 aliphatic carbocycles. The second kappa shape index (κ2) is 7.29. The zero-order chi connectivity index (χ0) is 17.8. The van der Waals surface area contributed by atoms with Crippen LogP contribution in [0.5, 0.6) is 0 Å². The van der Waals surface area contributed by atoms with Gasteiger partial charge in [0.05, 0.1) is 0 Å². The van der Waals surface area contributed by atoms with E-state index >= 15 is 0 Å². The number of ketones is 1. The van der Waals surface area contributed by atoms with Crippen molar-refractivity contribution in [1.82, 2.24) is 14.9 Å². The molecule has 2 heterocycles. The van der Waals surface area contributed by atoms with Crippen LogP contribution in [0.15, 0.2) is 36.7 Å². The molecule has 7 nitrogen and oxygen atoms in total. The first-order chi connectivity index (χ1) is 12.0. The van der Waals surface area contributed by atoms with Gasteiger partial charge in [-0.05, 0) is 31.2 Å². The number of carbonyl (C=O) groups excluding carboxylic acids is 2. The molecule has 2 aromatic rings. The molecule has 0 spiro atoms. The first kappa shape index (κ1) is 16.9. The lowest BCUT2D eigenvalue weighted by molar-refractivity contribution is -0.129. The minimum Gasteiger partial charge on any atom is -0.353 e. The number of carbonyl (C=O) groups is 2. The third-order valence-corrected chi connectivity index (χ3v) is 4.27. The van der Waals surface area contributed by atoms with Crippen molar-refractivity contribution >= 4 is 29.0 Å². The zero-order valence-electron chi connectivity index (χ0n) is 14.4. The Morgan fingerprint density at radius 2 is 1.68 bits per heavy atom. The van der Waals surface area contributed by atoms with Crippen LogP contribution in [0.25, 0.3) is 0 Å². The summed E-state index contributed by atoms with van der Waals surface area (Å²) in [5.41, 5.74) is 1.54. The predicted molar refractivity (Wildman–Crippen MR) is 96.2 cm³/mol. The van der Waals surface area contributed by atoms with Gasteiger partial charge in [0.15, 0.2) is 5.78 Å². The Balaban J connectivity index is 1.67. The quantitative estimate of drug-likeness (QED) is 0.860. The van der Waals surface area contributed by atoms with Crippen molar-refractivity contribution in [2.75, 3.05) is 36.4 Å². The highest BCUT2D eigenvalue weighted by Crippen LogP contribution is 2.20. The van der Waals surface area contributed by atoms with E-state index in [1.54, 1.807) is 26.0 Å². The van der Waals surface area contributed by atoms with Crippen LogP contribution in [-0.2, 0) is 4.79 Å². The maximum atomic E-state index is 11.4. The molecule has 1 aromatic carbocycles. The highest BCUT2D eigenvalue weighted by molar-refractivity contribution is 5.94. The van der Waals surface area contributed by atoms with Gasteiger partial charge in [0.1, 0.15) is 18.0 Å². The predicted octanol–water partition coefficient (Wildman–Crippen LogP) is 2.09.